The van der Waals surface area contributed by atoms with Gasteiger partial charge in [0.15, 0.2) is 0 Å². The molecule has 102 valence electrons. The fraction of sp³-hybridized carbons (Fsp3) is 0.333. The zero-order chi connectivity index (χ0) is 14.3. The molecular formula is C12H15N3O4. The molecule has 0 aliphatic rings. The van der Waals surface area contributed by atoms with E-state index in [1.54, 1.807) is 6.92 Å². The minimum atomic E-state index is -0.512. The number of esters is 1. The van der Waals surface area contributed by atoms with E-state index in [4.69, 9.17) is 4.74 Å². The van der Waals surface area contributed by atoms with Crippen molar-refractivity contribution >= 4 is 11.9 Å². The van der Waals surface area contributed by atoms with Gasteiger partial charge in [-0.25, -0.2) is 5.10 Å². The Hall–Kier alpha value is -2.44. The Morgan fingerprint density at radius 1 is 1.53 bits per heavy atom. The number of aromatic amines is 1. The van der Waals surface area contributed by atoms with Gasteiger partial charge in [0.2, 0.25) is 0 Å². The third kappa shape index (κ3) is 4.38. The third-order valence-corrected chi connectivity index (χ3v) is 2.16. The number of nitrogens with zero attached hydrogens (tertiary/aromatic N) is 2. The smallest absolute Gasteiger partial charge is 0.325 e. The molecule has 0 aliphatic heterocycles. The standard InChI is InChI=1S/C12H15N3O4/c1-3-7-15(8-11(17)19-4-2)12(18)9-5-6-10(16)14-13-9/h3,5-6H,1,4,7-8H2,2H3,(H,14,16). The second kappa shape index (κ2) is 7.10. The number of nitrogens with one attached hydrogen (secondary N) is 1. The lowest BCUT2D eigenvalue weighted by Crippen LogP contribution is -2.37. The summed E-state index contributed by atoms with van der Waals surface area (Å²) in [7, 11) is 0. The van der Waals surface area contributed by atoms with E-state index in [1.807, 2.05) is 0 Å². The molecule has 0 unspecified atom stereocenters. The van der Waals surface area contributed by atoms with Crippen LogP contribution in [0.3, 0.4) is 0 Å². The predicted octanol–water partition coefficient (Wildman–Crippen LogP) is -0.0388. The van der Waals surface area contributed by atoms with Gasteiger partial charge in [0.1, 0.15) is 12.2 Å². The Morgan fingerprint density at radius 2 is 2.26 bits per heavy atom. The molecule has 0 radical (unpaired) electrons. The Labute approximate surface area is 109 Å². The van der Waals surface area contributed by atoms with Gasteiger partial charge >= 0.3 is 5.97 Å². The topological polar surface area (TPSA) is 92.4 Å². The molecule has 7 nitrogen and oxygen atoms in total. The molecule has 0 fully saturated rings. The monoisotopic (exact) mass is 265 g/mol. The summed E-state index contributed by atoms with van der Waals surface area (Å²) in [6.07, 6.45) is 1.49. The van der Waals surface area contributed by atoms with E-state index >= 15 is 0 Å². The van der Waals surface area contributed by atoms with E-state index in [9.17, 15) is 14.4 Å². The normalized spacial score (nSPS) is 9.74. The van der Waals surface area contributed by atoms with Crippen LogP contribution in [0.5, 0.6) is 0 Å². The average Bonchev–Trinajstić information content (AvgIpc) is 2.38. The Morgan fingerprint density at radius 3 is 2.79 bits per heavy atom. The molecule has 1 rings (SSSR count). The molecular weight excluding hydrogens is 250 g/mol. The molecule has 0 aromatic carbocycles. The number of amides is 1. The first-order valence-electron chi connectivity index (χ1n) is 5.70. The molecule has 0 saturated carbocycles. The van der Waals surface area contributed by atoms with E-state index in [1.165, 1.54) is 23.1 Å². The average molecular weight is 265 g/mol. The molecule has 0 saturated heterocycles. The quantitative estimate of drug-likeness (QED) is 0.575. The minimum Gasteiger partial charge on any atom is -0.465 e. The van der Waals surface area contributed by atoms with Crippen molar-refractivity contribution < 1.29 is 14.3 Å². The van der Waals surface area contributed by atoms with E-state index in [2.05, 4.69) is 16.8 Å². The van der Waals surface area contributed by atoms with Crippen LogP contribution in [0.15, 0.2) is 29.6 Å². The highest BCUT2D eigenvalue weighted by atomic mass is 16.5. The number of hydrogen-bond acceptors (Lipinski definition) is 5. The first-order valence-corrected chi connectivity index (χ1v) is 5.70. The lowest BCUT2D eigenvalue weighted by atomic mass is 10.3. The highest BCUT2D eigenvalue weighted by Gasteiger charge is 2.19. The molecule has 0 spiro atoms. The highest BCUT2D eigenvalue weighted by molar-refractivity contribution is 5.94. The van der Waals surface area contributed by atoms with Crippen LogP contribution in [0, 0.1) is 0 Å². The zero-order valence-corrected chi connectivity index (χ0v) is 10.6. The van der Waals surface area contributed by atoms with E-state index in [0.29, 0.717) is 0 Å². The highest BCUT2D eigenvalue weighted by Crippen LogP contribution is 2.00. The van der Waals surface area contributed by atoms with Crippen LogP contribution in [-0.4, -0.2) is 46.7 Å². The second-order valence-corrected chi connectivity index (χ2v) is 3.59. The van der Waals surface area contributed by atoms with Gasteiger partial charge in [-0.15, -0.1) is 6.58 Å². The SMILES string of the molecule is C=CCN(CC(=O)OCC)C(=O)c1ccc(=O)[nH]n1. The first-order chi connectivity index (χ1) is 9.08. The summed E-state index contributed by atoms with van der Waals surface area (Å²) in [5, 5.41) is 5.78. The van der Waals surface area contributed by atoms with Crippen LogP contribution < -0.4 is 5.56 Å². The second-order valence-electron chi connectivity index (χ2n) is 3.59. The maximum absolute atomic E-state index is 12.1. The number of carbonyl (C=O) groups is 2. The van der Waals surface area contributed by atoms with Crippen molar-refractivity contribution in [3.8, 4) is 0 Å². The van der Waals surface area contributed by atoms with E-state index < -0.39 is 17.4 Å². The third-order valence-electron chi connectivity index (χ3n) is 2.16. The number of hydrogen-bond donors (Lipinski definition) is 1. The summed E-state index contributed by atoms with van der Waals surface area (Å²) in [4.78, 5) is 35.6. The van der Waals surface area contributed by atoms with Gasteiger partial charge in [0.25, 0.3) is 11.5 Å². The minimum absolute atomic E-state index is 0.0470. The summed E-state index contributed by atoms with van der Waals surface area (Å²) >= 11 is 0. The van der Waals surface area contributed by atoms with Crippen molar-refractivity contribution in [3.63, 3.8) is 0 Å². The maximum atomic E-state index is 12.1. The lowest BCUT2D eigenvalue weighted by Gasteiger charge is -2.19. The van der Waals surface area contributed by atoms with Gasteiger partial charge < -0.3 is 9.64 Å². The molecule has 0 aliphatic carbocycles. The van der Waals surface area contributed by atoms with Crippen LogP contribution >= 0.6 is 0 Å². The molecule has 19 heavy (non-hydrogen) atoms. The fourth-order valence-corrected chi connectivity index (χ4v) is 1.36. The number of carbonyl (C=O) groups excluding carboxylic acids is 2. The predicted molar refractivity (Wildman–Crippen MR) is 67.6 cm³/mol. The van der Waals surface area contributed by atoms with Gasteiger partial charge in [-0.05, 0) is 13.0 Å². The van der Waals surface area contributed by atoms with Crippen molar-refractivity contribution in [1.82, 2.24) is 15.1 Å². The van der Waals surface area contributed by atoms with Crippen molar-refractivity contribution in [3.05, 3.63) is 40.8 Å². The van der Waals surface area contributed by atoms with Gasteiger partial charge in [-0.3, -0.25) is 14.4 Å². The zero-order valence-electron chi connectivity index (χ0n) is 10.6. The van der Waals surface area contributed by atoms with Crippen LogP contribution in [0.2, 0.25) is 0 Å². The van der Waals surface area contributed by atoms with Crippen LogP contribution in [0.1, 0.15) is 17.4 Å². The number of ether oxygens (including phenoxy) is 1. The molecule has 0 atom stereocenters. The van der Waals surface area contributed by atoms with E-state index in [0.717, 1.165) is 0 Å². The van der Waals surface area contributed by atoms with Gasteiger partial charge in [-0.1, -0.05) is 6.08 Å². The maximum Gasteiger partial charge on any atom is 0.325 e. The Bertz CT molecular complexity index is 503. The van der Waals surface area contributed by atoms with Crippen molar-refractivity contribution in [2.45, 2.75) is 6.92 Å². The molecule has 1 N–H and O–H groups in total. The van der Waals surface area contributed by atoms with Crippen molar-refractivity contribution in [2.75, 3.05) is 19.7 Å². The number of aromatic nitrogens is 2. The molecule has 1 heterocycles. The van der Waals surface area contributed by atoms with Gasteiger partial charge in [0.05, 0.1) is 6.61 Å². The van der Waals surface area contributed by atoms with Crippen LogP contribution in [-0.2, 0) is 9.53 Å². The molecule has 1 aromatic rings. The van der Waals surface area contributed by atoms with Crippen molar-refractivity contribution in [2.24, 2.45) is 0 Å². The lowest BCUT2D eigenvalue weighted by molar-refractivity contribution is -0.143. The van der Waals surface area contributed by atoms with E-state index in [-0.39, 0.29) is 25.4 Å². The largest absolute Gasteiger partial charge is 0.465 e. The molecule has 7 heteroatoms. The van der Waals surface area contributed by atoms with Gasteiger partial charge in [-0.2, -0.15) is 5.10 Å². The summed E-state index contributed by atoms with van der Waals surface area (Å²) in [5.41, 5.74) is -0.358. The molecule has 1 aromatic heterocycles. The first kappa shape index (κ1) is 14.6. The van der Waals surface area contributed by atoms with Crippen molar-refractivity contribution in [1.29, 1.82) is 0 Å². The summed E-state index contributed by atoms with van der Waals surface area (Å²) < 4.78 is 4.78. The summed E-state index contributed by atoms with van der Waals surface area (Å²) in [5.74, 6) is -0.994. The van der Waals surface area contributed by atoms with Gasteiger partial charge in [0, 0.05) is 12.6 Å². The number of rotatable bonds is 6. The number of H-pyrrole nitrogens is 1. The Balaban J connectivity index is 2.83. The Kier molecular flexibility index (Phi) is 5.46. The van der Waals surface area contributed by atoms with Crippen LogP contribution in [0.4, 0.5) is 0 Å². The van der Waals surface area contributed by atoms with Crippen LogP contribution in [0.25, 0.3) is 0 Å². The molecule has 1 amide bonds. The summed E-state index contributed by atoms with van der Waals surface area (Å²) in [6, 6.07) is 2.49. The molecule has 0 bridgehead atoms. The summed E-state index contributed by atoms with van der Waals surface area (Å²) in [6.45, 7) is 5.43. The fourth-order valence-electron chi connectivity index (χ4n) is 1.36.